The van der Waals surface area contributed by atoms with E-state index in [0.717, 1.165) is 53.1 Å². The Bertz CT molecular complexity index is 2040. The molecule has 4 N–H and O–H groups in total. The van der Waals surface area contributed by atoms with Crippen LogP contribution in [0.3, 0.4) is 0 Å². The highest BCUT2D eigenvalue weighted by atomic mass is 16.3. The summed E-state index contributed by atoms with van der Waals surface area (Å²) >= 11 is 0. The maximum Gasteiger partial charge on any atom is 0.255 e. The van der Waals surface area contributed by atoms with Crippen LogP contribution in [0.25, 0.3) is 11.1 Å². The smallest absolute Gasteiger partial charge is 0.255 e. The van der Waals surface area contributed by atoms with Gasteiger partial charge in [0.2, 0.25) is 11.8 Å². The largest absolute Gasteiger partial charge is 0.394 e. The molecule has 0 radical (unpaired) electrons. The lowest BCUT2D eigenvalue weighted by molar-refractivity contribution is -0.136. The lowest BCUT2D eigenvalue weighted by atomic mass is 9.82. The van der Waals surface area contributed by atoms with E-state index in [1.54, 1.807) is 11.0 Å². The van der Waals surface area contributed by atoms with Crippen molar-refractivity contribution in [3.8, 4) is 23.0 Å². The first-order valence-corrected chi connectivity index (χ1v) is 17.2. The predicted octanol–water partition coefficient (Wildman–Crippen LogP) is 4.32. The number of aromatic nitrogens is 1. The number of carbonyl (C=O) groups excluding carboxylic acids is 3. The van der Waals surface area contributed by atoms with Crippen molar-refractivity contribution in [1.29, 1.82) is 0 Å². The van der Waals surface area contributed by atoms with Gasteiger partial charge in [0.15, 0.2) is 0 Å². The van der Waals surface area contributed by atoms with Crippen LogP contribution in [0.1, 0.15) is 57.9 Å². The number of carbonyl (C=O) groups is 3. The van der Waals surface area contributed by atoms with Gasteiger partial charge in [0, 0.05) is 71.9 Å². The third-order valence-electron chi connectivity index (χ3n) is 10.5. The van der Waals surface area contributed by atoms with Gasteiger partial charge in [-0.1, -0.05) is 36.1 Å². The Labute approximate surface area is 290 Å². The molecular formula is C40H38N6O4. The van der Waals surface area contributed by atoms with Crippen LogP contribution in [0, 0.1) is 17.8 Å². The summed E-state index contributed by atoms with van der Waals surface area (Å²) in [6.45, 7) is 2.59. The normalized spacial score (nSPS) is 22.5. The highest BCUT2D eigenvalue weighted by molar-refractivity contribution is 6.06. The van der Waals surface area contributed by atoms with Gasteiger partial charge >= 0.3 is 0 Å². The summed E-state index contributed by atoms with van der Waals surface area (Å²) in [4.78, 5) is 45.5. The molecule has 4 aromatic rings. The van der Waals surface area contributed by atoms with Crippen LogP contribution in [0.2, 0.25) is 0 Å². The maximum atomic E-state index is 13.2. The third kappa shape index (κ3) is 5.99. The van der Waals surface area contributed by atoms with Crippen LogP contribution in [0.5, 0.6) is 0 Å². The number of hydrogen-bond acceptors (Lipinski definition) is 8. The fourth-order valence-electron chi connectivity index (χ4n) is 8.05. The minimum atomic E-state index is -0.651. The Morgan fingerprint density at radius 3 is 2.64 bits per heavy atom. The van der Waals surface area contributed by atoms with Gasteiger partial charge in [-0.15, -0.1) is 0 Å². The summed E-state index contributed by atoms with van der Waals surface area (Å²) in [5, 5.41) is 19.6. The summed E-state index contributed by atoms with van der Waals surface area (Å²) in [6, 6.07) is 24.1. The lowest BCUT2D eigenvalue weighted by Crippen LogP contribution is -2.52. The van der Waals surface area contributed by atoms with Gasteiger partial charge in [0.1, 0.15) is 6.04 Å². The standard InChI is InChI=1S/C40H38N6O4/c47-24-35-30-15-19-45(22-26-13-17-41-18-14-26)38(30)31-21-28(9-10-34(31)43-35)27-6-1-4-25(20-27)5-3-16-42-33-8-2-7-29-32(33)23-46(40(29)50)36-11-12-37(48)44-39(36)49/h1-2,4,6-10,13-14,17-18,20-21,30,35-36,38,42-43,47H,11-12,15-16,19,22-24H2,(H,44,48,49)/t30-,35-,36?,38-/m1/s1. The van der Waals surface area contributed by atoms with E-state index >= 15 is 0 Å². The molecule has 1 aromatic heterocycles. The zero-order valence-corrected chi connectivity index (χ0v) is 27.6. The molecule has 252 valence electrons. The van der Waals surface area contributed by atoms with Gasteiger partial charge in [-0.3, -0.25) is 29.6 Å². The SMILES string of the molecule is O=C1CCC(N2Cc3c(NCC#Cc4cccc(-c5ccc6c(c5)[C@H]5[C@H](CCN5Cc5ccncc5)[C@@H](CO)N6)c4)cccc3C2=O)C(=O)N1. The molecule has 8 rings (SSSR count). The molecule has 10 heteroatoms. The minimum Gasteiger partial charge on any atom is -0.394 e. The van der Waals surface area contributed by atoms with Crippen LogP contribution in [0.15, 0.2) is 85.2 Å². The number of aliphatic hydroxyl groups is 1. The Morgan fingerprint density at radius 1 is 0.960 bits per heavy atom. The van der Waals surface area contributed by atoms with Crippen molar-refractivity contribution < 1.29 is 19.5 Å². The number of fused-ring (bicyclic) bond motifs is 4. The molecule has 5 heterocycles. The Hall–Kier alpha value is -5.50. The second-order valence-corrected chi connectivity index (χ2v) is 13.4. The molecule has 0 aliphatic carbocycles. The molecule has 0 spiro atoms. The highest BCUT2D eigenvalue weighted by Crippen LogP contribution is 2.48. The molecule has 1 unspecified atom stereocenters. The van der Waals surface area contributed by atoms with E-state index in [-0.39, 0.29) is 36.9 Å². The number of aliphatic hydroxyl groups excluding tert-OH is 1. The van der Waals surface area contributed by atoms with Crippen molar-refractivity contribution in [3.63, 3.8) is 0 Å². The molecule has 2 saturated heterocycles. The van der Waals surface area contributed by atoms with Gasteiger partial charge < -0.3 is 20.6 Å². The third-order valence-corrected chi connectivity index (χ3v) is 10.5. The van der Waals surface area contributed by atoms with E-state index in [2.05, 4.69) is 80.1 Å². The van der Waals surface area contributed by atoms with Gasteiger partial charge in [-0.25, -0.2) is 0 Å². The van der Waals surface area contributed by atoms with Crippen molar-refractivity contribution in [1.82, 2.24) is 20.1 Å². The molecule has 50 heavy (non-hydrogen) atoms. The summed E-state index contributed by atoms with van der Waals surface area (Å²) in [6.07, 6.45) is 5.26. The number of rotatable bonds is 7. The molecule has 10 nitrogen and oxygen atoms in total. The van der Waals surface area contributed by atoms with Crippen molar-refractivity contribution in [2.75, 3.05) is 30.3 Å². The molecule has 4 aliphatic rings. The zero-order chi connectivity index (χ0) is 34.2. The topological polar surface area (TPSA) is 127 Å². The van der Waals surface area contributed by atoms with E-state index in [1.165, 1.54) is 11.1 Å². The first-order chi connectivity index (χ1) is 24.5. The average Bonchev–Trinajstić information content (AvgIpc) is 3.71. The number of imide groups is 1. The molecule has 4 atom stereocenters. The molecule has 0 bridgehead atoms. The number of amides is 3. The number of anilines is 2. The first-order valence-electron chi connectivity index (χ1n) is 17.2. The number of nitrogens with one attached hydrogen (secondary N) is 3. The average molecular weight is 667 g/mol. The fraction of sp³-hybridized carbons (Fsp3) is 0.300. The van der Waals surface area contributed by atoms with Crippen LogP contribution < -0.4 is 16.0 Å². The molecule has 3 amide bonds. The zero-order valence-electron chi connectivity index (χ0n) is 27.6. The number of likely N-dealkylation sites (tertiary alicyclic amines) is 1. The Morgan fingerprint density at radius 2 is 1.80 bits per heavy atom. The first kappa shape index (κ1) is 31.7. The summed E-state index contributed by atoms with van der Waals surface area (Å²) < 4.78 is 0. The number of piperidine rings is 1. The minimum absolute atomic E-state index is 0.0229. The van der Waals surface area contributed by atoms with Crippen molar-refractivity contribution in [2.45, 2.75) is 50.5 Å². The Balaban J connectivity index is 0.977. The van der Waals surface area contributed by atoms with Crippen LogP contribution >= 0.6 is 0 Å². The van der Waals surface area contributed by atoms with E-state index in [9.17, 15) is 19.5 Å². The van der Waals surface area contributed by atoms with Crippen LogP contribution in [-0.4, -0.2) is 69.4 Å². The van der Waals surface area contributed by atoms with Crippen molar-refractivity contribution in [3.05, 3.63) is 113 Å². The molecule has 2 fully saturated rings. The van der Waals surface area contributed by atoms with Gasteiger partial charge in [-0.05, 0) is 90.2 Å². The molecule has 4 aliphatic heterocycles. The number of benzene rings is 3. The number of pyridine rings is 1. The van der Waals surface area contributed by atoms with Crippen LogP contribution in [0.4, 0.5) is 11.4 Å². The monoisotopic (exact) mass is 666 g/mol. The molecular weight excluding hydrogens is 628 g/mol. The van der Waals surface area contributed by atoms with Crippen molar-refractivity contribution in [2.24, 2.45) is 5.92 Å². The van der Waals surface area contributed by atoms with E-state index in [1.807, 2.05) is 36.7 Å². The van der Waals surface area contributed by atoms with E-state index < -0.39 is 11.9 Å². The quantitative estimate of drug-likeness (QED) is 0.170. The van der Waals surface area contributed by atoms with Crippen LogP contribution in [-0.2, 0) is 22.7 Å². The summed E-state index contributed by atoms with van der Waals surface area (Å²) in [5.74, 6) is 5.93. The summed E-state index contributed by atoms with van der Waals surface area (Å²) in [7, 11) is 0. The predicted molar refractivity (Wildman–Crippen MR) is 190 cm³/mol. The second-order valence-electron chi connectivity index (χ2n) is 13.4. The molecule has 0 saturated carbocycles. The lowest BCUT2D eigenvalue weighted by Gasteiger charge is -2.39. The van der Waals surface area contributed by atoms with Gasteiger partial charge in [0.25, 0.3) is 5.91 Å². The number of hydrogen-bond donors (Lipinski definition) is 4. The van der Waals surface area contributed by atoms with Crippen molar-refractivity contribution >= 4 is 29.1 Å². The van der Waals surface area contributed by atoms with E-state index in [0.29, 0.717) is 31.0 Å². The molecule has 3 aromatic carbocycles. The van der Waals surface area contributed by atoms with Gasteiger partial charge in [-0.2, -0.15) is 0 Å². The summed E-state index contributed by atoms with van der Waals surface area (Å²) in [5.41, 5.74) is 8.88. The maximum absolute atomic E-state index is 13.2. The second kappa shape index (κ2) is 13.4. The highest BCUT2D eigenvalue weighted by Gasteiger charge is 2.44. The van der Waals surface area contributed by atoms with Gasteiger partial charge in [0.05, 0.1) is 19.2 Å². The van der Waals surface area contributed by atoms with E-state index in [4.69, 9.17) is 0 Å². The fourth-order valence-corrected chi connectivity index (χ4v) is 8.05. The number of nitrogens with zero attached hydrogens (tertiary/aromatic N) is 3. The Kier molecular flexibility index (Phi) is 8.53.